The number of hydrogen-bond acceptors (Lipinski definition) is 13. The largest absolute Gasteiger partial charge is 1.00 e. The Balaban J connectivity index is 0.000000291. The van der Waals surface area contributed by atoms with Crippen LogP contribution in [0.1, 0.15) is 8.55 Å². The van der Waals surface area contributed by atoms with Crippen LogP contribution in [-0.4, -0.2) is 38.1 Å². The Morgan fingerprint density at radius 2 is 1.25 bits per heavy atom. The number of aryl methyl sites for hydroxylation is 1. The van der Waals surface area contributed by atoms with Crippen molar-refractivity contribution in [2.24, 2.45) is 30.7 Å². The molecule has 0 radical (unpaired) electrons. The Kier molecular flexibility index (Phi) is 12.5. The van der Waals surface area contributed by atoms with Crippen LogP contribution in [0.3, 0.4) is 0 Å². The van der Waals surface area contributed by atoms with E-state index in [1.54, 1.807) is 55.5 Å². The molecule has 0 saturated heterocycles. The van der Waals surface area contributed by atoms with Gasteiger partial charge in [0, 0.05) is 22.7 Å². The van der Waals surface area contributed by atoms with Gasteiger partial charge in [-0.05, 0) is 72.1 Å². The van der Waals surface area contributed by atoms with Crippen LogP contribution < -0.4 is 5.56 Å². The molecule has 0 bridgehead atoms. The summed E-state index contributed by atoms with van der Waals surface area (Å²) >= 11 is 0. The average Bonchev–Trinajstić information content (AvgIpc) is 3.46. The molecule has 55 heavy (non-hydrogen) atoms. The van der Waals surface area contributed by atoms with Crippen molar-refractivity contribution in [3.8, 4) is 22.9 Å². The van der Waals surface area contributed by atoms with E-state index in [1.165, 1.54) is 6.07 Å². The van der Waals surface area contributed by atoms with Crippen molar-refractivity contribution in [2.75, 3.05) is 0 Å². The zero-order valence-electron chi connectivity index (χ0n) is 30.6. The van der Waals surface area contributed by atoms with Gasteiger partial charge in [-0.1, -0.05) is 79.3 Å². The normalized spacial score (nSPS) is 11.5. The number of fused-ring (bicyclic) bond motifs is 1. The molecular weight excluding hydrogens is 765 g/mol. The molecule has 276 valence electrons. The van der Waals surface area contributed by atoms with E-state index in [4.69, 9.17) is 4.55 Å². The first-order valence-corrected chi connectivity index (χ1v) is 17.4. The molecule has 7 aromatic rings. The zero-order valence-corrected chi connectivity index (χ0v) is 30.7. The van der Waals surface area contributed by atoms with Gasteiger partial charge in [0.15, 0.2) is 0 Å². The van der Waals surface area contributed by atoms with E-state index in [-0.39, 0.29) is 54.5 Å². The Morgan fingerprint density at radius 3 is 1.96 bits per heavy atom. The van der Waals surface area contributed by atoms with Gasteiger partial charge >= 0.3 is 2.85 Å². The molecular formula is C38H31CrN8O7S+. The maximum atomic E-state index is 12.5. The summed E-state index contributed by atoms with van der Waals surface area (Å²) in [4.78, 5) is 12.0. The van der Waals surface area contributed by atoms with Gasteiger partial charge < -0.3 is 25.2 Å². The van der Waals surface area contributed by atoms with Gasteiger partial charge in [-0.2, -0.15) is 23.8 Å². The van der Waals surface area contributed by atoms with Crippen molar-refractivity contribution in [1.82, 2.24) is 9.78 Å². The zero-order chi connectivity index (χ0) is 38.2. The summed E-state index contributed by atoms with van der Waals surface area (Å²) in [5.41, 5.74) is 1.91. The van der Waals surface area contributed by atoms with Gasteiger partial charge in [0.05, 0.1) is 22.0 Å². The molecule has 0 atom stereocenters. The Hall–Kier alpha value is -6.77. The summed E-state index contributed by atoms with van der Waals surface area (Å²) < 4.78 is 32.6. The molecule has 6 aromatic carbocycles. The summed E-state index contributed by atoms with van der Waals surface area (Å²) in [6.07, 6.45) is 0. The van der Waals surface area contributed by atoms with Crippen LogP contribution in [-0.2, 0) is 27.5 Å². The predicted octanol–water partition coefficient (Wildman–Crippen LogP) is 9.93. The van der Waals surface area contributed by atoms with Crippen LogP contribution in [0.15, 0.2) is 174 Å². The quantitative estimate of drug-likeness (QED) is 0.0656. The van der Waals surface area contributed by atoms with Crippen LogP contribution in [0.25, 0.3) is 16.5 Å². The van der Waals surface area contributed by atoms with Gasteiger partial charge in [-0.3, -0.25) is 4.55 Å². The second-order valence-corrected chi connectivity index (χ2v) is 12.8. The Bertz CT molecular complexity index is 2730. The number of phenols is 3. The smallest absolute Gasteiger partial charge is 0.506 e. The molecule has 0 saturated carbocycles. The first-order chi connectivity index (χ1) is 26.0. The second kappa shape index (κ2) is 17.4. The number of benzene rings is 6. The molecule has 1 aromatic heterocycles. The molecule has 0 fully saturated rings. The Morgan fingerprint density at radius 1 is 0.655 bits per heavy atom. The summed E-state index contributed by atoms with van der Waals surface area (Å²) in [5.74, 6) is -0.384. The van der Waals surface area contributed by atoms with E-state index < -0.39 is 20.6 Å². The third-order valence-corrected chi connectivity index (χ3v) is 8.47. The third-order valence-electron chi connectivity index (χ3n) is 7.62. The molecule has 0 amide bonds. The maximum Gasteiger partial charge on any atom is 1.00 e. The predicted molar refractivity (Wildman–Crippen MR) is 203 cm³/mol. The first-order valence-electron chi connectivity index (χ1n) is 15.9. The van der Waals surface area contributed by atoms with E-state index in [2.05, 4.69) is 35.8 Å². The topological polar surface area (TPSA) is 224 Å². The standard InChI is InChI=1S/C22H16N4O2.C16H13N4O5S.Cr/c27-20-13-11-17(24-23-16-7-2-1-3-8-16)14-19(20)25-26-22-18-9-5-4-6-15(18)10-12-21(22)28;1-10-15(16(22)20(19-10)11-5-3-2-4-6-11)18-17-13-9-12(26(23,24)25)7-8-14(13)21;/h1-14,27-28H;2-9,21H,1H3,(H,23,24,25);/q;-1;/p+2. The van der Waals surface area contributed by atoms with Crippen molar-refractivity contribution in [3.63, 3.8) is 0 Å². The van der Waals surface area contributed by atoms with E-state index in [0.717, 1.165) is 39.3 Å². The number of phenolic OH excluding ortho intramolecular Hbond substituents is 3. The van der Waals surface area contributed by atoms with Gasteiger partial charge in [-0.25, -0.2) is 9.78 Å². The number of aromatic hydroxyl groups is 3. The van der Waals surface area contributed by atoms with E-state index >= 15 is 0 Å². The van der Waals surface area contributed by atoms with Gasteiger partial charge in [0.25, 0.3) is 10.1 Å². The van der Waals surface area contributed by atoms with Crippen LogP contribution in [0.2, 0.25) is 0 Å². The molecule has 7 rings (SSSR count). The third kappa shape index (κ3) is 9.62. The monoisotopic (exact) mass is 795 g/mol. The SMILES string of the molecule is Cc1nn(-c2ccccc2)c(=O)[c-]1N=Nc1cc(S(=O)(=O)O)ccc1O.Oc1ccc(N=Nc2ccccc2)cc1N=Nc1c(O)ccc2ccccc12.[Cr].[H+].[H+]. The first kappa shape index (κ1) is 39.4. The summed E-state index contributed by atoms with van der Waals surface area (Å²) in [6.45, 7) is 1.57. The minimum absolute atomic E-state index is 0. The van der Waals surface area contributed by atoms with Crippen molar-refractivity contribution >= 4 is 55.0 Å². The van der Waals surface area contributed by atoms with Gasteiger partial charge in [0.1, 0.15) is 39.9 Å². The van der Waals surface area contributed by atoms with Crippen LogP contribution in [0.5, 0.6) is 17.2 Å². The summed E-state index contributed by atoms with van der Waals surface area (Å²) in [7, 11) is -4.46. The molecule has 0 aliphatic rings. The van der Waals surface area contributed by atoms with Crippen LogP contribution >= 0.6 is 0 Å². The van der Waals surface area contributed by atoms with E-state index in [1.807, 2.05) is 60.7 Å². The van der Waals surface area contributed by atoms with Gasteiger partial charge in [0.2, 0.25) is 0 Å². The second-order valence-electron chi connectivity index (χ2n) is 11.4. The molecule has 0 spiro atoms. The van der Waals surface area contributed by atoms with Crippen molar-refractivity contribution in [3.05, 3.63) is 150 Å². The number of para-hydroxylation sites is 1. The van der Waals surface area contributed by atoms with E-state index in [9.17, 15) is 28.5 Å². The Labute approximate surface area is 327 Å². The van der Waals surface area contributed by atoms with Crippen molar-refractivity contribution < 1.29 is 48.5 Å². The number of nitrogens with zero attached hydrogens (tertiary/aromatic N) is 8. The fraction of sp³-hybridized carbons (Fsp3) is 0.0263. The molecule has 0 aliphatic heterocycles. The molecule has 15 nitrogen and oxygen atoms in total. The fourth-order valence-corrected chi connectivity index (χ4v) is 5.42. The maximum absolute atomic E-state index is 12.5. The van der Waals surface area contributed by atoms with Gasteiger partial charge in [-0.15, -0.1) is 15.9 Å². The number of hydrogen-bond donors (Lipinski definition) is 4. The molecule has 0 aliphatic carbocycles. The van der Waals surface area contributed by atoms with E-state index in [0.29, 0.717) is 22.8 Å². The molecule has 4 N–H and O–H groups in total. The number of rotatable bonds is 8. The number of azo groups is 3. The molecule has 0 unspecified atom stereocenters. The summed E-state index contributed by atoms with van der Waals surface area (Å²) in [5, 5.41) is 60.0. The van der Waals surface area contributed by atoms with Crippen LogP contribution in [0, 0.1) is 6.92 Å². The fourth-order valence-electron chi connectivity index (χ4n) is 4.92. The molecule has 1 heterocycles. The average molecular weight is 796 g/mol. The minimum Gasteiger partial charge on any atom is -0.506 e. The van der Waals surface area contributed by atoms with Crippen molar-refractivity contribution in [1.29, 1.82) is 0 Å². The number of aromatic nitrogens is 2. The minimum atomic E-state index is -4.46. The van der Waals surface area contributed by atoms with Crippen LogP contribution in [0.4, 0.5) is 34.1 Å². The van der Waals surface area contributed by atoms with Crippen molar-refractivity contribution in [2.45, 2.75) is 11.8 Å². The summed E-state index contributed by atoms with van der Waals surface area (Å²) in [6, 6.07) is 36.7. The molecule has 17 heteroatoms.